The van der Waals surface area contributed by atoms with Gasteiger partial charge in [0.15, 0.2) is 0 Å². The van der Waals surface area contributed by atoms with E-state index < -0.39 is 0 Å². The maximum Gasteiger partial charge on any atom is 0.0406 e. The molecule has 1 fully saturated rings. The summed E-state index contributed by atoms with van der Waals surface area (Å²) in [5.41, 5.74) is 9.03. The zero-order valence-electron chi connectivity index (χ0n) is 11.8. The summed E-state index contributed by atoms with van der Waals surface area (Å²) in [5.74, 6) is 0. The van der Waals surface area contributed by atoms with Crippen molar-refractivity contribution in [1.29, 1.82) is 0 Å². The summed E-state index contributed by atoms with van der Waals surface area (Å²) in [6.45, 7) is 2.16. The molecule has 2 N–H and O–H groups in total. The molecule has 104 valence electrons. The molecule has 2 aromatic carbocycles. The monoisotopic (exact) mass is 285 g/mol. The summed E-state index contributed by atoms with van der Waals surface area (Å²) in [6.07, 6.45) is 3.11. The molecule has 0 bridgehead atoms. The zero-order valence-corrected chi connectivity index (χ0v) is 12.5. The van der Waals surface area contributed by atoms with E-state index in [1.807, 2.05) is 12.1 Å². The van der Waals surface area contributed by atoms with E-state index in [4.69, 9.17) is 17.3 Å². The second kappa shape index (κ2) is 4.91. The first-order valence-corrected chi connectivity index (χ1v) is 7.50. The molecule has 2 atom stereocenters. The molecule has 0 aromatic heterocycles. The Morgan fingerprint density at radius 2 is 1.50 bits per heavy atom. The maximum absolute atomic E-state index is 6.43. The lowest BCUT2D eigenvalue weighted by Gasteiger charge is -2.32. The van der Waals surface area contributed by atoms with Crippen LogP contribution < -0.4 is 5.73 Å². The van der Waals surface area contributed by atoms with E-state index in [1.54, 1.807) is 0 Å². The van der Waals surface area contributed by atoms with Gasteiger partial charge in [0.05, 0.1) is 0 Å². The van der Waals surface area contributed by atoms with Gasteiger partial charge in [-0.15, -0.1) is 0 Å². The Kier molecular flexibility index (Phi) is 3.35. The lowest BCUT2D eigenvalue weighted by Crippen LogP contribution is -2.36. The fraction of sp³-hybridized carbons (Fsp3) is 0.333. The molecule has 2 heteroatoms. The third-order valence-corrected chi connectivity index (χ3v) is 4.80. The first-order chi connectivity index (χ1) is 9.52. The number of hydrogen-bond acceptors (Lipinski definition) is 1. The summed E-state index contributed by atoms with van der Waals surface area (Å²) < 4.78 is 0. The van der Waals surface area contributed by atoms with Crippen LogP contribution in [0, 0.1) is 0 Å². The predicted molar refractivity (Wildman–Crippen MR) is 85.1 cm³/mol. The highest BCUT2D eigenvalue weighted by molar-refractivity contribution is 6.30. The molecule has 20 heavy (non-hydrogen) atoms. The highest BCUT2D eigenvalue weighted by atomic mass is 35.5. The molecule has 2 unspecified atom stereocenters. The molecule has 1 nitrogen and oxygen atoms in total. The van der Waals surface area contributed by atoms with Gasteiger partial charge in [-0.3, -0.25) is 0 Å². The maximum atomic E-state index is 6.43. The zero-order chi connectivity index (χ0) is 14.2. The molecule has 0 saturated heterocycles. The van der Waals surface area contributed by atoms with Crippen LogP contribution in [0.15, 0.2) is 54.6 Å². The Morgan fingerprint density at radius 1 is 0.900 bits per heavy atom. The summed E-state index contributed by atoms with van der Waals surface area (Å²) in [6, 6.07) is 19.0. The van der Waals surface area contributed by atoms with Crippen molar-refractivity contribution in [3.63, 3.8) is 0 Å². The van der Waals surface area contributed by atoms with Crippen LogP contribution in [-0.2, 0) is 5.41 Å². The lowest BCUT2D eigenvalue weighted by molar-refractivity contribution is 0.443. The summed E-state index contributed by atoms with van der Waals surface area (Å²) in [4.78, 5) is 0. The molecule has 3 rings (SSSR count). The van der Waals surface area contributed by atoms with E-state index in [2.05, 4.69) is 49.4 Å². The van der Waals surface area contributed by atoms with Gasteiger partial charge in [-0.2, -0.15) is 0 Å². The quantitative estimate of drug-likeness (QED) is 0.862. The highest BCUT2D eigenvalue weighted by Crippen LogP contribution is 2.49. The number of rotatable bonds is 2. The smallest absolute Gasteiger partial charge is 0.0406 e. The number of halogens is 1. The normalized spacial score (nSPS) is 29.6. The van der Waals surface area contributed by atoms with Gasteiger partial charge in [0.25, 0.3) is 0 Å². The van der Waals surface area contributed by atoms with Crippen molar-refractivity contribution >= 4 is 11.6 Å². The van der Waals surface area contributed by atoms with Gasteiger partial charge >= 0.3 is 0 Å². The molecule has 2 aromatic rings. The Morgan fingerprint density at radius 3 is 2.05 bits per heavy atom. The first kappa shape index (κ1) is 13.7. The standard InChI is InChI=1S/C18H20ClN/c1-17(20)11-12-18(13-17,14-5-3-2-4-6-14)15-7-9-16(19)10-8-15/h2-10H,11-13,20H2,1H3. The van der Waals surface area contributed by atoms with E-state index in [9.17, 15) is 0 Å². The van der Waals surface area contributed by atoms with Crippen LogP contribution in [0.1, 0.15) is 37.3 Å². The van der Waals surface area contributed by atoms with Crippen LogP contribution in [0.3, 0.4) is 0 Å². The minimum Gasteiger partial charge on any atom is -0.325 e. The Bertz CT molecular complexity index is 589. The Balaban J connectivity index is 2.12. The van der Waals surface area contributed by atoms with E-state index in [-0.39, 0.29) is 11.0 Å². The first-order valence-electron chi connectivity index (χ1n) is 7.12. The van der Waals surface area contributed by atoms with Crippen molar-refractivity contribution in [1.82, 2.24) is 0 Å². The van der Waals surface area contributed by atoms with E-state index in [1.165, 1.54) is 11.1 Å². The molecule has 0 spiro atoms. The number of benzene rings is 2. The Hall–Kier alpha value is -1.31. The van der Waals surface area contributed by atoms with Crippen molar-refractivity contribution in [3.8, 4) is 0 Å². The van der Waals surface area contributed by atoms with E-state index in [0.29, 0.717) is 0 Å². The highest BCUT2D eigenvalue weighted by Gasteiger charge is 2.45. The van der Waals surface area contributed by atoms with Gasteiger partial charge in [0.2, 0.25) is 0 Å². The van der Waals surface area contributed by atoms with Crippen molar-refractivity contribution in [2.75, 3.05) is 0 Å². The second-order valence-corrected chi connectivity index (χ2v) is 6.72. The van der Waals surface area contributed by atoms with Gasteiger partial charge < -0.3 is 5.73 Å². The van der Waals surface area contributed by atoms with Crippen LogP contribution in [0.5, 0.6) is 0 Å². The topological polar surface area (TPSA) is 26.0 Å². The third-order valence-electron chi connectivity index (χ3n) is 4.55. The summed E-state index contributed by atoms with van der Waals surface area (Å²) >= 11 is 6.04. The molecule has 1 saturated carbocycles. The van der Waals surface area contributed by atoms with Crippen LogP contribution in [0.2, 0.25) is 5.02 Å². The molecular weight excluding hydrogens is 266 g/mol. The van der Waals surface area contributed by atoms with Gasteiger partial charge in [-0.1, -0.05) is 54.1 Å². The van der Waals surface area contributed by atoms with Crippen molar-refractivity contribution < 1.29 is 0 Å². The average molecular weight is 286 g/mol. The van der Waals surface area contributed by atoms with Crippen molar-refractivity contribution in [2.24, 2.45) is 5.73 Å². The van der Waals surface area contributed by atoms with Gasteiger partial charge in [0.1, 0.15) is 0 Å². The molecular formula is C18H20ClN. The van der Waals surface area contributed by atoms with E-state index >= 15 is 0 Å². The molecule has 0 amide bonds. The average Bonchev–Trinajstić information content (AvgIpc) is 2.78. The number of nitrogens with two attached hydrogens (primary N) is 1. The number of hydrogen-bond donors (Lipinski definition) is 1. The molecule has 1 aliphatic rings. The predicted octanol–water partition coefficient (Wildman–Crippen LogP) is 4.53. The largest absolute Gasteiger partial charge is 0.325 e. The van der Waals surface area contributed by atoms with Crippen molar-refractivity contribution in [2.45, 2.75) is 37.1 Å². The van der Waals surface area contributed by atoms with Crippen LogP contribution >= 0.6 is 11.6 Å². The van der Waals surface area contributed by atoms with E-state index in [0.717, 1.165) is 24.3 Å². The van der Waals surface area contributed by atoms with Crippen LogP contribution in [-0.4, -0.2) is 5.54 Å². The summed E-state index contributed by atoms with van der Waals surface area (Å²) in [5, 5.41) is 0.783. The van der Waals surface area contributed by atoms with Crippen LogP contribution in [0.25, 0.3) is 0 Å². The molecule has 0 radical (unpaired) electrons. The lowest BCUT2D eigenvalue weighted by atomic mass is 9.72. The Labute approximate surface area is 125 Å². The van der Waals surface area contributed by atoms with Gasteiger partial charge in [-0.25, -0.2) is 0 Å². The SMILES string of the molecule is CC1(N)CCC(c2ccccc2)(c2ccc(Cl)cc2)C1. The molecule has 1 aliphatic carbocycles. The minimum absolute atomic E-state index is 0.0232. The summed E-state index contributed by atoms with van der Waals surface area (Å²) in [7, 11) is 0. The van der Waals surface area contributed by atoms with Crippen LogP contribution in [0.4, 0.5) is 0 Å². The fourth-order valence-corrected chi connectivity index (χ4v) is 3.68. The van der Waals surface area contributed by atoms with Crippen molar-refractivity contribution in [3.05, 3.63) is 70.7 Å². The minimum atomic E-state index is -0.102. The molecule has 0 aliphatic heterocycles. The second-order valence-electron chi connectivity index (χ2n) is 6.29. The third kappa shape index (κ3) is 2.36. The fourth-order valence-electron chi connectivity index (χ4n) is 3.55. The molecule has 0 heterocycles. The van der Waals surface area contributed by atoms with Gasteiger partial charge in [-0.05, 0) is 49.4 Å². The van der Waals surface area contributed by atoms with Gasteiger partial charge in [0, 0.05) is 16.0 Å².